The zero-order valence-electron chi connectivity index (χ0n) is 20.6. The van der Waals surface area contributed by atoms with Gasteiger partial charge in [0.15, 0.2) is 5.65 Å². The topological polar surface area (TPSA) is 97.5 Å². The molecule has 5 rings (SSSR count). The third-order valence-corrected chi connectivity index (χ3v) is 7.30. The highest BCUT2D eigenvalue weighted by atomic mass is 32.2. The van der Waals surface area contributed by atoms with Crippen LogP contribution in [0.2, 0.25) is 0 Å². The predicted octanol–water partition coefficient (Wildman–Crippen LogP) is 2.70. The lowest BCUT2D eigenvalue weighted by atomic mass is 10.2. The van der Waals surface area contributed by atoms with E-state index in [9.17, 15) is 0 Å². The first-order valence-corrected chi connectivity index (χ1v) is 13.6. The standard InChI is InChI=1S/C24H35N9OS/c1-31-10-12-32(13-11-31)9-3-8-25-21-20-22(29-30-23(20)35-2)28-24(27-21)26-18-4-6-19(7-5-18)33-14-16-34-17-15-33/h4-7H,3,8-17H2,1-2H3,(H3,25,26,27,28,29,30). The summed E-state index contributed by atoms with van der Waals surface area (Å²) in [4.78, 5) is 16.8. The molecule has 3 aromatic rings. The lowest BCUT2D eigenvalue weighted by molar-refractivity contribution is 0.122. The van der Waals surface area contributed by atoms with Crippen LogP contribution in [-0.4, -0.2) is 109 Å². The molecule has 0 radical (unpaired) electrons. The van der Waals surface area contributed by atoms with Crippen molar-refractivity contribution in [2.45, 2.75) is 11.4 Å². The largest absolute Gasteiger partial charge is 0.378 e. The number of nitrogens with zero attached hydrogens (tertiary/aromatic N) is 6. The van der Waals surface area contributed by atoms with E-state index in [-0.39, 0.29) is 0 Å². The average Bonchev–Trinajstić information content (AvgIpc) is 3.32. The summed E-state index contributed by atoms with van der Waals surface area (Å²) >= 11 is 1.60. The summed E-state index contributed by atoms with van der Waals surface area (Å²) in [6, 6.07) is 8.40. The summed E-state index contributed by atoms with van der Waals surface area (Å²) in [6.45, 7) is 9.94. The predicted molar refractivity (Wildman–Crippen MR) is 143 cm³/mol. The number of aromatic amines is 1. The van der Waals surface area contributed by atoms with E-state index >= 15 is 0 Å². The molecule has 0 aliphatic carbocycles. The Balaban J connectivity index is 1.25. The number of piperazine rings is 1. The second-order valence-electron chi connectivity index (χ2n) is 9.05. The minimum atomic E-state index is 0.550. The van der Waals surface area contributed by atoms with Crippen molar-refractivity contribution in [3.8, 4) is 0 Å². The maximum atomic E-state index is 5.46. The lowest BCUT2D eigenvalue weighted by Gasteiger charge is -2.32. The van der Waals surface area contributed by atoms with Crippen molar-refractivity contribution in [3.05, 3.63) is 24.3 Å². The molecule has 0 saturated carbocycles. The second kappa shape index (κ2) is 11.4. The highest BCUT2D eigenvalue weighted by Crippen LogP contribution is 2.30. The van der Waals surface area contributed by atoms with Crippen LogP contribution in [0.15, 0.2) is 29.3 Å². The van der Waals surface area contributed by atoms with Gasteiger partial charge in [-0.2, -0.15) is 15.1 Å². The minimum absolute atomic E-state index is 0.550. The van der Waals surface area contributed by atoms with Gasteiger partial charge in [-0.3, -0.25) is 5.10 Å². The van der Waals surface area contributed by atoms with E-state index in [0.717, 1.165) is 99.6 Å². The van der Waals surface area contributed by atoms with Crippen molar-refractivity contribution in [1.82, 2.24) is 30.0 Å². The Morgan fingerprint density at radius 3 is 2.54 bits per heavy atom. The number of anilines is 4. The van der Waals surface area contributed by atoms with Gasteiger partial charge in [-0.05, 0) is 50.5 Å². The van der Waals surface area contributed by atoms with E-state index < -0.39 is 0 Å². The fraction of sp³-hybridized carbons (Fsp3) is 0.542. The summed E-state index contributed by atoms with van der Waals surface area (Å²) in [5.41, 5.74) is 2.89. The van der Waals surface area contributed by atoms with Crippen molar-refractivity contribution < 1.29 is 4.74 Å². The quantitative estimate of drug-likeness (QED) is 0.302. The highest BCUT2D eigenvalue weighted by molar-refractivity contribution is 7.98. The molecule has 0 unspecified atom stereocenters. The molecule has 35 heavy (non-hydrogen) atoms. The van der Waals surface area contributed by atoms with Crippen LogP contribution in [0.5, 0.6) is 0 Å². The minimum Gasteiger partial charge on any atom is -0.378 e. The Labute approximate surface area is 210 Å². The van der Waals surface area contributed by atoms with Crippen LogP contribution in [-0.2, 0) is 4.74 Å². The molecule has 2 aliphatic heterocycles. The van der Waals surface area contributed by atoms with Gasteiger partial charge in [0, 0.05) is 57.2 Å². The van der Waals surface area contributed by atoms with Crippen molar-refractivity contribution in [2.24, 2.45) is 0 Å². The first-order chi connectivity index (χ1) is 17.2. The molecular formula is C24H35N9OS. The van der Waals surface area contributed by atoms with Crippen LogP contribution in [0.25, 0.3) is 11.0 Å². The highest BCUT2D eigenvalue weighted by Gasteiger charge is 2.17. The van der Waals surface area contributed by atoms with Crippen molar-refractivity contribution >= 4 is 45.9 Å². The molecule has 0 atom stereocenters. The maximum Gasteiger partial charge on any atom is 0.231 e. The third kappa shape index (κ3) is 5.97. The van der Waals surface area contributed by atoms with Gasteiger partial charge < -0.3 is 30.1 Å². The van der Waals surface area contributed by atoms with Crippen LogP contribution in [0.1, 0.15) is 6.42 Å². The van der Waals surface area contributed by atoms with Crippen LogP contribution in [0, 0.1) is 0 Å². The molecule has 2 saturated heterocycles. The summed E-state index contributed by atoms with van der Waals surface area (Å²) in [7, 11) is 2.19. The Kier molecular flexibility index (Phi) is 7.87. The number of morpholine rings is 1. The van der Waals surface area contributed by atoms with Gasteiger partial charge in [-0.25, -0.2) is 0 Å². The van der Waals surface area contributed by atoms with Crippen LogP contribution >= 0.6 is 11.8 Å². The number of fused-ring (bicyclic) bond motifs is 1. The van der Waals surface area contributed by atoms with Crippen LogP contribution < -0.4 is 15.5 Å². The van der Waals surface area contributed by atoms with E-state index in [1.54, 1.807) is 11.8 Å². The van der Waals surface area contributed by atoms with Crippen LogP contribution in [0.3, 0.4) is 0 Å². The number of benzene rings is 1. The van der Waals surface area contributed by atoms with Gasteiger partial charge in [-0.15, -0.1) is 11.8 Å². The second-order valence-corrected chi connectivity index (χ2v) is 9.84. The number of nitrogens with one attached hydrogen (secondary N) is 3. The van der Waals surface area contributed by atoms with Crippen molar-refractivity contribution in [1.29, 1.82) is 0 Å². The molecule has 2 aromatic heterocycles. The Hall–Kier alpha value is -2.60. The molecule has 2 aliphatic rings. The molecule has 188 valence electrons. The number of likely N-dealkylation sites (N-methyl/N-ethyl adjacent to an activating group) is 1. The first kappa shape index (κ1) is 24.1. The third-order valence-electron chi connectivity index (χ3n) is 6.62. The average molecular weight is 498 g/mol. The SMILES string of the molecule is CSc1n[nH]c2nc(Nc3ccc(N4CCOCC4)cc3)nc(NCCCN3CCN(C)CC3)c12. The van der Waals surface area contributed by atoms with E-state index in [0.29, 0.717) is 5.95 Å². The van der Waals surface area contributed by atoms with Crippen molar-refractivity contribution in [3.63, 3.8) is 0 Å². The number of hydrogen-bond acceptors (Lipinski definition) is 10. The number of ether oxygens (including phenoxy) is 1. The van der Waals surface area contributed by atoms with Gasteiger partial charge in [0.05, 0.1) is 18.6 Å². The maximum absolute atomic E-state index is 5.46. The van der Waals surface area contributed by atoms with Gasteiger partial charge in [-0.1, -0.05) is 0 Å². The molecule has 0 bridgehead atoms. The van der Waals surface area contributed by atoms with Gasteiger partial charge in [0.2, 0.25) is 5.95 Å². The Bertz CT molecular complexity index is 1090. The van der Waals surface area contributed by atoms with E-state index in [2.05, 4.69) is 71.8 Å². The number of thioether (sulfide) groups is 1. The monoisotopic (exact) mass is 497 g/mol. The van der Waals surface area contributed by atoms with Crippen molar-refractivity contribution in [2.75, 3.05) is 94.4 Å². The molecule has 11 heteroatoms. The van der Waals surface area contributed by atoms with E-state index in [1.165, 1.54) is 5.69 Å². The molecule has 0 amide bonds. The van der Waals surface area contributed by atoms with Crippen LogP contribution in [0.4, 0.5) is 23.1 Å². The van der Waals surface area contributed by atoms with Gasteiger partial charge in [0.1, 0.15) is 10.8 Å². The fourth-order valence-corrected chi connectivity index (χ4v) is 5.06. The summed E-state index contributed by atoms with van der Waals surface area (Å²) in [6.07, 6.45) is 3.09. The zero-order valence-corrected chi connectivity index (χ0v) is 21.4. The van der Waals surface area contributed by atoms with E-state index in [4.69, 9.17) is 9.72 Å². The molecular weight excluding hydrogens is 462 g/mol. The lowest BCUT2D eigenvalue weighted by Crippen LogP contribution is -2.44. The zero-order chi connectivity index (χ0) is 24.0. The molecule has 3 N–H and O–H groups in total. The number of hydrogen-bond donors (Lipinski definition) is 3. The number of rotatable bonds is 9. The smallest absolute Gasteiger partial charge is 0.231 e. The molecule has 1 aromatic carbocycles. The molecule has 0 spiro atoms. The summed E-state index contributed by atoms with van der Waals surface area (Å²) in [5.74, 6) is 1.37. The van der Waals surface area contributed by atoms with Gasteiger partial charge >= 0.3 is 0 Å². The summed E-state index contributed by atoms with van der Waals surface area (Å²) in [5, 5.41) is 16.3. The fourth-order valence-electron chi connectivity index (χ4n) is 4.52. The van der Waals surface area contributed by atoms with Gasteiger partial charge in [0.25, 0.3) is 0 Å². The Morgan fingerprint density at radius 1 is 1.03 bits per heavy atom. The summed E-state index contributed by atoms with van der Waals surface area (Å²) < 4.78 is 5.46. The molecule has 4 heterocycles. The molecule has 2 fully saturated rings. The first-order valence-electron chi connectivity index (χ1n) is 12.3. The normalized spacial score (nSPS) is 17.7. The number of H-pyrrole nitrogens is 1. The Morgan fingerprint density at radius 2 is 1.80 bits per heavy atom. The molecule has 10 nitrogen and oxygen atoms in total. The number of aromatic nitrogens is 4. The van der Waals surface area contributed by atoms with E-state index in [1.807, 2.05) is 6.26 Å².